The minimum absolute atomic E-state index is 0.0533. The van der Waals surface area contributed by atoms with E-state index in [2.05, 4.69) is 15.0 Å². The first-order chi connectivity index (χ1) is 10.1. The average Bonchev–Trinajstić information content (AvgIpc) is 2.52. The maximum absolute atomic E-state index is 12.3. The molecule has 1 aliphatic carbocycles. The summed E-state index contributed by atoms with van der Waals surface area (Å²) in [6.07, 6.45) is 8.10. The number of sulfonamides is 1. The van der Waals surface area contributed by atoms with Crippen molar-refractivity contribution in [1.82, 2.24) is 15.0 Å². The summed E-state index contributed by atoms with van der Waals surface area (Å²) < 4.78 is 27.4. The molecular weight excluding hydrogens is 286 g/mol. The van der Waals surface area contributed by atoms with Gasteiger partial charge in [0, 0.05) is 12.2 Å². The van der Waals surface area contributed by atoms with Crippen molar-refractivity contribution in [2.75, 3.05) is 13.1 Å². The Kier molecular flexibility index (Phi) is 4.28. The number of hydrogen-bond acceptors (Lipinski definition) is 4. The van der Waals surface area contributed by atoms with Gasteiger partial charge < -0.3 is 5.32 Å². The Hall–Kier alpha value is -0.980. The largest absolute Gasteiger partial charge is 0.317 e. The Morgan fingerprint density at radius 1 is 1.14 bits per heavy atom. The van der Waals surface area contributed by atoms with E-state index in [1.807, 2.05) is 0 Å². The highest BCUT2D eigenvalue weighted by Crippen LogP contribution is 2.43. The van der Waals surface area contributed by atoms with E-state index >= 15 is 0 Å². The molecule has 3 rings (SSSR count). The zero-order valence-electron chi connectivity index (χ0n) is 12.2. The predicted molar refractivity (Wildman–Crippen MR) is 81.4 cm³/mol. The molecule has 1 aromatic heterocycles. The molecule has 0 radical (unpaired) electrons. The van der Waals surface area contributed by atoms with Crippen molar-refractivity contribution in [3.8, 4) is 0 Å². The van der Waals surface area contributed by atoms with Gasteiger partial charge in [0.1, 0.15) is 0 Å². The lowest BCUT2D eigenvalue weighted by Crippen LogP contribution is -2.44. The zero-order valence-corrected chi connectivity index (χ0v) is 13.0. The molecule has 1 saturated heterocycles. The van der Waals surface area contributed by atoms with Gasteiger partial charge in [0.15, 0.2) is 5.03 Å². The second-order valence-electron chi connectivity index (χ2n) is 6.31. The van der Waals surface area contributed by atoms with E-state index in [9.17, 15) is 8.42 Å². The van der Waals surface area contributed by atoms with Gasteiger partial charge in [0.25, 0.3) is 10.0 Å². The minimum Gasteiger partial charge on any atom is -0.317 e. The molecule has 1 aliphatic heterocycles. The highest BCUT2D eigenvalue weighted by atomic mass is 32.2. The summed E-state index contributed by atoms with van der Waals surface area (Å²) in [5.74, 6) is 0. The maximum atomic E-state index is 12.3. The Morgan fingerprint density at radius 3 is 2.48 bits per heavy atom. The van der Waals surface area contributed by atoms with Gasteiger partial charge in [-0.1, -0.05) is 6.07 Å². The normalized spacial score (nSPS) is 23.2. The number of nitrogens with one attached hydrogen (secondary N) is 2. The minimum atomic E-state index is -3.48. The molecule has 0 atom stereocenters. The molecule has 21 heavy (non-hydrogen) atoms. The van der Waals surface area contributed by atoms with Crippen molar-refractivity contribution in [1.29, 1.82) is 0 Å². The van der Waals surface area contributed by atoms with Gasteiger partial charge in [-0.2, -0.15) is 0 Å². The van der Waals surface area contributed by atoms with Gasteiger partial charge in [-0.05, 0) is 69.2 Å². The van der Waals surface area contributed by atoms with Crippen LogP contribution in [-0.2, 0) is 10.0 Å². The fourth-order valence-electron chi connectivity index (χ4n) is 3.59. The van der Waals surface area contributed by atoms with Crippen molar-refractivity contribution in [2.45, 2.75) is 49.6 Å². The standard InChI is InChI=1S/C15H23N3O2S/c19-21(20,14-3-1-2-10-17-14)18-13-4-6-15(7-5-13)8-11-16-12-9-15/h1-3,10,13,16,18H,4-9,11-12H2. The third-order valence-corrected chi connectivity index (χ3v) is 6.38. The number of nitrogens with zero attached hydrogens (tertiary/aromatic N) is 1. The SMILES string of the molecule is O=S(=O)(NC1CCC2(CCNCC2)CC1)c1ccccn1. The van der Waals surface area contributed by atoms with Gasteiger partial charge in [-0.15, -0.1) is 0 Å². The predicted octanol–water partition coefficient (Wildman–Crippen LogP) is 1.67. The van der Waals surface area contributed by atoms with Crippen LogP contribution in [0.25, 0.3) is 0 Å². The lowest BCUT2D eigenvalue weighted by atomic mass is 9.67. The van der Waals surface area contributed by atoms with Gasteiger partial charge in [0.05, 0.1) is 0 Å². The van der Waals surface area contributed by atoms with Crippen LogP contribution in [0.5, 0.6) is 0 Å². The van der Waals surface area contributed by atoms with Crippen molar-refractivity contribution in [3.05, 3.63) is 24.4 Å². The topological polar surface area (TPSA) is 71.1 Å². The molecule has 2 aliphatic rings. The quantitative estimate of drug-likeness (QED) is 0.891. The smallest absolute Gasteiger partial charge is 0.258 e. The van der Waals surface area contributed by atoms with Gasteiger partial charge in [-0.25, -0.2) is 18.1 Å². The zero-order chi connectivity index (χ0) is 14.8. The van der Waals surface area contributed by atoms with Crippen LogP contribution in [0, 0.1) is 5.41 Å². The van der Waals surface area contributed by atoms with E-state index in [0.717, 1.165) is 38.8 Å². The van der Waals surface area contributed by atoms with Crippen LogP contribution < -0.4 is 10.0 Å². The van der Waals surface area contributed by atoms with Gasteiger partial charge in [0.2, 0.25) is 0 Å². The monoisotopic (exact) mass is 309 g/mol. The Labute approximate surface area is 126 Å². The first-order valence-corrected chi connectivity index (χ1v) is 9.22. The molecule has 0 aromatic carbocycles. The van der Waals surface area contributed by atoms with Gasteiger partial charge in [-0.3, -0.25) is 0 Å². The Balaban J connectivity index is 1.60. The fraction of sp³-hybridized carbons (Fsp3) is 0.667. The summed E-state index contributed by atoms with van der Waals surface area (Å²) in [5.41, 5.74) is 0.457. The average molecular weight is 309 g/mol. The molecule has 1 aromatic rings. The number of hydrogen-bond donors (Lipinski definition) is 2. The number of rotatable bonds is 3. The van der Waals surface area contributed by atoms with Crippen LogP contribution in [0.4, 0.5) is 0 Å². The molecule has 1 spiro atoms. The van der Waals surface area contributed by atoms with Crippen molar-refractivity contribution in [2.24, 2.45) is 5.41 Å². The van der Waals surface area contributed by atoms with Crippen LogP contribution in [0.2, 0.25) is 0 Å². The van der Waals surface area contributed by atoms with Crippen molar-refractivity contribution in [3.63, 3.8) is 0 Å². The molecule has 2 N–H and O–H groups in total. The Bertz CT molecular complexity index is 558. The number of pyridine rings is 1. The molecule has 0 unspecified atom stereocenters. The molecule has 5 nitrogen and oxygen atoms in total. The lowest BCUT2D eigenvalue weighted by Gasteiger charge is -2.43. The second kappa shape index (κ2) is 6.02. The summed E-state index contributed by atoms with van der Waals surface area (Å²) in [7, 11) is -3.48. The van der Waals surface area contributed by atoms with Crippen LogP contribution in [-0.4, -0.2) is 32.5 Å². The number of aromatic nitrogens is 1. The van der Waals surface area contributed by atoms with E-state index in [4.69, 9.17) is 0 Å². The van der Waals surface area contributed by atoms with Gasteiger partial charge >= 0.3 is 0 Å². The summed E-state index contributed by atoms with van der Waals surface area (Å²) in [5, 5.41) is 3.53. The lowest BCUT2D eigenvalue weighted by molar-refractivity contribution is 0.121. The van der Waals surface area contributed by atoms with Crippen LogP contribution in [0.3, 0.4) is 0 Å². The fourth-order valence-corrected chi connectivity index (χ4v) is 4.84. The highest BCUT2D eigenvalue weighted by molar-refractivity contribution is 7.89. The summed E-state index contributed by atoms with van der Waals surface area (Å²) in [4.78, 5) is 3.94. The van der Waals surface area contributed by atoms with Crippen LogP contribution >= 0.6 is 0 Å². The second-order valence-corrected chi connectivity index (χ2v) is 7.97. The first kappa shape index (κ1) is 14.9. The number of piperidine rings is 1. The summed E-state index contributed by atoms with van der Waals surface area (Å²) in [6, 6.07) is 5.02. The highest BCUT2D eigenvalue weighted by Gasteiger charge is 2.37. The van der Waals surface area contributed by atoms with E-state index in [0.29, 0.717) is 5.41 Å². The van der Waals surface area contributed by atoms with Crippen molar-refractivity contribution < 1.29 is 8.42 Å². The summed E-state index contributed by atoms with van der Waals surface area (Å²) >= 11 is 0. The third kappa shape index (κ3) is 3.44. The molecular formula is C15H23N3O2S. The van der Waals surface area contributed by atoms with Crippen molar-refractivity contribution >= 4 is 10.0 Å². The molecule has 116 valence electrons. The van der Waals surface area contributed by atoms with E-state index in [-0.39, 0.29) is 11.1 Å². The first-order valence-electron chi connectivity index (χ1n) is 7.74. The summed E-state index contributed by atoms with van der Waals surface area (Å²) in [6.45, 7) is 2.20. The van der Waals surface area contributed by atoms with Crippen LogP contribution in [0.1, 0.15) is 38.5 Å². The Morgan fingerprint density at radius 2 is 1.86 bits per heavy atom. The molecule has 2 fully saturated rings. The maximum Gasteiger partial charge on any atom is 0.258 e. The molecule has 0 amide bonds. The third-order valence-electron chi connectivity index (χ3n) is 4.95. The molecule has 0 bridgehead atoms. The molecule has 6 heteroatoms. The molecule has 1 saturated carbocycles. The van der Waals surface area contributed by atoms with E-state index in [1.54, 1.807) is 18.2 Å². The van der Waals surface area contributed by atoms with E-state index < -0.39 is 10.0 Å². The van der Waals surface area contributed by atoms with E-state index in [1.165, 1.54) is 19.0 Å². The molecule has 2 heterocycles. The van der Waals surface area contributed by atoms with Crippen LogP contribution in [0.15, 0.2) is 29.4 Å².